The molecule has 0 aliphatic carbocycles. The van der Waals surface area contributed by atoms with Gasteiger partial charge in [-0.3, -0.25) is 0 Å². The fourth-order valence-corrected chi connectivity index (χ4v) is 1.61. The summed E-state index contributed by atoms with van der Waals surface area (Å²) in [6.07, 6.45) is -4.64. The second-order valence-electron chi connectivity index (χ2n) is 3.51. The highest BCUT2D eigenvalue weighted by atomic mass is 19.4. The minimum atomic E-state index is -4.64. The summed E-state index contributed by atoms with van der Waals surface area (Å²) in [6, 6.07) is 9.89. The van der Waals surface area contributed by atoms with Gasteiger partial charge in [-0.05, 0) is 35.4 Å². The van der Waals surface area contributed by atoms with Crippen LogP contribution >= 0.6 is 0 Å². The van der Waals surface area contributed by atoms with Crippen molar-refractivity contribution in [2.45, 2.75) is 13.3 Å². The summed E-state index contributed by atoms with van der Waals surface area (Å²) in [7, 11) is 0. The molecule has 2 aromatic carbocycles. The van der Waals surface area contributed by atoms with Crippen molar-refractivity contribution < 1.29 is 17.9 Å². The summed E-state index contributed by atoms with van der Waals surface area (Å²) in [5, 5.41) is 1.67. The molecule has 1 nitrogen and oxygen atoms in total. The summed E-state index contributed by atoms with van der Waals surface area (Å²) in [6.45, 7) is 1.85. The zero-order valence-corrected chi connectivity index (χ0v) is 8.51. The van der Waals surface area contributed by atoms with Crippen LogP contribution in [0.15, 0.2) is 36.4 Å². The molecule has 0 spiro atoms. The van der Waals surface area contributed by atoms with Crippen LogP contribution in [-0.2, 0) is 0 Å². The Morgan fingerprint density at radius 2 is 1.81 bits per heavy atom. The monoisotopic (exact) mass is 226 g/mol. The quantitative estimate of drug-likeness (QED) is 0.712. The number of fused-ring (bicyclic) bond motifs is 1. The zero-order chi connectivity index (χ0) is 11.8. The van der Waals surface area contributed by atoms with Gasteiger partial charge in [0.2, 0.25) is 0 Å². The molecule has 2 aromatic rings. The lowest BCUT2D eigenvalue weighted by Gasteiger charge is -2.10. The van der Waals surface area contributed by atoms with E-state index in [-0.39, 0.29) is 5.75 Å². The fraction of sp³-hybridized carbons (Fsp3) is 0.167. The summed E-state index contributed by atoms with van der Waals surface area (Å²) in [5.74, 6) is -0.186. The van der Waals surface area contributed by atoms with E-state index in [1.165, 1.54) is 12.1 Å². The highest BCUT2D eigenvalue weighted by molar-refractivity contribution is 5.86. The van der Waals surface area contributed by atoms with Gasteiger partial charge in [-0.1, -0.05) is 24.3 Å². The molecule has 0 aliphatic rings. The van der Waals surface area contributed by atoms with Gasteiger partial charge in [0.15, 0.2) is 0 Å². The maximum absolute atomic E-state index is 12.0. The number of halogens is 3. The number of hydrogen-bond donors (Lipinski definition) is 0. The normalized spacial score (nSPS) is 11.8. The van der Waals surface area contributed by atoms with Gasteiger partial charge in [-0.25, -0.2) is 0 Å². The molecule has 0 atom stereocenters. The Bertz CT molecular complexity index is 517. The van der Waals surface area contributed by atoms with E-state index >= 15 is 0 Å². The van der Waals surface area contributed by atoms with Gasteiger partial charge < -0.3 is 4.74 Å². The summed E-state index contributed by atoms with van der Waals surface area (Å²) in [5.41, 5.74) is 0.921. The van der Waals surface area contributed by atoms with Crippen LogP contribution < -0.4 is 4.74 Å². The number of ether oxygens (including phenoxy) is 1. The van der Waals surface area contributed by atoms with Gasteiger partial charge in [-0.15, -0.1) is 13.2 Å². The Hall–Kier alpha value is -1.71. The van der Waals surface area contributed by atoms with Crippen LogP contribution in [0.5, 0.6) is 5.75 Å². The molecule has 16 heavy (non-hydrogen) atoms. The molecule has 0 amide bonds. The number of alkyl halides is 3. The Kier molecular flexibility index (Phi) is 2.50. The largest absolute Gasteiger partial charge is 0.573 e. The van der Waals surface area contributed by atoms with Crippen LogP contribution in [0.25, 0.3) is 10.8 Å². The Labute approximate surface area is 90.5 Å². The summed E-state index contributed by atoms with van der Waals surface area (Å²) >= 11 is 0. The Morgan fingerprint density at radius 1 is 1.06 bits per heavy atom. The molecule has 0 bridgehead atoms. The highest BCUT2D eigenvalue weighted by Gasteiger charge is 2.31. The van der Waals surface area contributed by atoms with Gasteiger partial charge in [0.25, 0.3) is 0 Å². The lowest BCUT2D eigenvalue weighted by atomic mass is 10.1. The molecule has 0 saturated carbocycles. The number of rotatable bonds is 1. The molecule has 0 saturated heterocycles. The van der Waals surface area contributed by atoms with Gasteiger partial charge in [0, 0.05) is 0 Å². The van der Waals surface area contributed by atoms with E-state index in [0.717, 1.165) is 16.3 Å². The topological polar surface area (TPSA) is 9.23 Å². The Morgan fingerprint density at radius 3 is 2.50 bits per heavy atom. The van der Waals surface area contributed by atoms with E-state index in [9.17, 15) is 13.2 Å². The standard InChI is InChI=1S/C12H9F3O/c1-8-3-2-4-9-5-6-10(7-11(8)9)16-12(13,14)15/h2-7H,1H3. The third kappa shape index (κ3) is 2.27. The van der Waals surface area contributed by atoms with Gasteiger partial charge in [0.1, 0.15) is 5.75 Å². The van der Waals surface area contributed by atoms with Gasteiger partial charge >= 0.3 is 6.36 Å². The first-order valence-electron chi connectivity index (χ1n) is 4.71. The maximum atomic E-state index is 12.0. The maximum Gasteiger partial charge on any atom is 0.573 e. The predicted molar refractivity (Wildman–Crippen MR) is 55.4 cm³/mol. The van der Waals surface area contributed by atoms with E-state index in [1.807, 2.05) is 25.1 Å². The van der Waals surface area contributed by atoms with Crippen LogP contribution in [0.2, 0.25) is 0 Å². The molecule has 0 aliphatic heterocycles. The van der Waals surface area contributed by atoms with E-state index in [2.05, 4.69) is 4.74 Å². The summed E-state index contributed by atoms with van der Waals surface area (Å²) < 4.78 is 39.9. The number of benzene rings is 2. The third-order valence-electron chi connectivity index (χ3n) is 2.31. The minimum Gasteiger partial charge on any atom is -0.406 e. The van der Waals surface area contributed by atoms with Crippen LogP contribution in [0.3, 0.4) is 0 Å². The molecule has 0 radical (unpaired) electrons. The van der Waals surface area contributed by atoms with Gasteiger partial charge in [0.05, 0.1) is 0 Å². The van der Waals surface area contributed by atoms with E-state index in [1.54, 1.807) is 6.07 Å². The molecule has 0 aromatic heterocycles. The molecule has 4 heteroatoms. The first-order valence-corrected chi connectivity index (χ1v) is 4.71. The number of aryl methyl sites for hydroxylation is 1. The van der Waals surface area contributed by atoms with E-state index in [4.69, 9.17) is 0 Å². The van der Waals surface area contributed by atoms with Crippen molar-refractivity contribution in [1.82, 2.24) is 0 Å². The predicted octanol–water partition coefficient (Wildman–Crippen LogP) is 4.05. The fourth-order valence-electron chi connectivity index (χ4n) is 1.61. The minimum absolute atomic E-state index is 0.186. The van der Waals surface area contributed by atoms with Crippen molar-refractivity contribution in [3.63, 3.8) is 0 Å². The molecule has 2 rings (SSSR count). The lowest BCUT2D eigenvalue weighted by molar-refractivity contribution is -0.274. The third-order valence-corrected chi connectivity index (χ3v) is 2.31. The summed E-state index contributed by atoms with van der Waals surface area (Å²) in [4.78, 5) is 0. The van der Waals surface area contributed by atoms with Crippen LogP contribution in [0.1, 0.15) is 5.56 Å². The van der Waals surface area contributed by atoms with Crippen molar-refractivity contribution in [1.29, 1.82) is 0 Å². The molecular weight excluding hydrogens is 217 g/mol. The molecule has 84 valence electrons. The lowest BCUT2D eigenvalue weighted by Crippen LogP contribution is -2.17. The van der Waals surface area contributed by atoms with Crippen LogP contribution in [0, 0.1) is 6.92 Å². The van der Waals surface area contributed by atoms with Crippen molar-refractivity contribution in [3.8, 4) is 5.75 Å². The van der Waals surface area contributed by atoms with Crippen molar-refractivity contribution >= 4 is 10.8 Å². The van der Waals surface area contributed by atoms with Crippen LogP contribution in [-0.4, -0.2) is 6.36 Å². The molecule has 0 unspecified atom stereocenters. The van der Waals surface area contributed by atoms with E-state index < -0.39 is 6.36 Å². The average Bonchev–Trinajstić information content (AvgIpc) is 2.17. The highest BCUT2D eigenvalue weighted by Crippen LogP contribution is 2.27. The second-order valence-corrected chi connectivity index (χ2v) is 3.51. The average molecular weight is 226 g/mol. The smallest absolute Gasteiger partial charge is 0.406 e. The van der Waals surface area contributed by atoms with Crippen molar-refractivity contribution in [3.05, 3.63) is 42.0 Å². The zero-order valence-electron chi connectivity index (χ0n) is 8.51. The SMILES string of the molecule is Cc1cccc2ccc(OC(F)(F)F)cc12. The molecular formula is C12H9F3O. The van der Waals surface area contributed by atoms with E-state index in [0.29, 0.717) is 0 Å². The van der Waals surface area contributed by atoms with Crippen molar-refractivity contribution in [2.24, 2.45) is 0 Å². The van der Waals surface area contributed by atoms with Gasteiger partial charge in [-0.2, -0.15) is 0 Å². The first-order chi connectivity index (χ1) is 7.46. The van der Waals surface area contributed by atoms with Crippen LogP contribution in [0.4, 0.5) is 13.2 Å². The molecule has 0 heterocycles. The second kappa shape index (κ2) is 3.70. The number of hydrogen-bond acceptors (Lipinski definition) is 1. The molecule has 0 fully saturated rings. The Balaban J connectivity index is 2.47. The molecule has 0 N–H and O–H groups in total. The van der Waals surface area contributed by atoms with Crippen molar-refractivity contribution in [2.75, 3.05) is 0 Å². The first kappa shape index (κ1) is 10.8.